The van der Waals surface area contributed by atoms with E-state index in [1.165, 1.54) is 5.56 Å². The van der Waals surface area contributed by atoms with Gasteiger partial charge in [-0.1, -0.05) is 54.4 Å². The van der Waals surface area contributed by atoms with E-state index in [1.54, 1.807) is 0 Å². The fraction of sp³-hybridized carbons (Fsp3) is 0.333. The standard InChI is InChI=1S/C24H25Cl2N3O/c1-15(16-6-10-18(25)11-7-16)21(17-8-12-19(26)13-9-17)14-27-24(30)23-20-4-2-3-5-22(20)28-29-23/h6-13,15,21H,2-5,14H2,1H3,(H,27,30)(H,28,29). The summed E-state index contributed by atoms with van der Waals surface area (Å²) in [5.41, 5.74) is 5.03. The number of H-pyrrole nitrogens is 1. The molecule has 0 spiro atoms. The Hall–Kier alpha value is -2.30. The number of fused-ring (bicyclic) bond motifs is 1. The summed E-state index contributed by atoms with van der Waals surface area (Å²) in [6.07, 6.45) is 4.13. The molecule has 156 valence electrons. The lowest BCUT2D eigenvalue weighted by Crippen LogP contribution is -2.31. The van der Waals surface area contributed by atoms with E-state index in [4.69, 9.17) is 23.2 Å². The van der Waals surface area contributed by atoms with Gasteiger partial charge in [-0.25, -0.2) is 0 Å². The average molecular weight is 442 g/mol. The van der Waals surface area contributed by atoms with Gasteiger partial charge in [0.1, 0.15) is 0 Å². The van der Waals surface area contributed by atoms with Crippen molar-refractivity contribution in [1.82, 2.24) is 15.5 Å². The second kappa shape index (κ2) is 9.23. The number of benzene rings is 2. The van der Waals surface area contributed by atoms with Crippen LogP contribution < -0.4 is 5.32 Å². The number of hydrogen-bond acceptors (Lipinski definition) is 2. The molecule has 0 fully saturated rings. The number of nitrogens with zero attached hydrogens (tertiary/aromatic N) is 1. The molecule has 4 nitrogen and oxygen atoms in total. The maximum Gasteiger partial charge on any atom is 0.272 e. The molecule has 2 aromatic carbocycles. The molecule has 1 aromatic heterocycles. The number of aromatic nitrogens is 2. The fourth-order valence-corrected chi connectivity index (χ4v) is 4.50. The number of carbonyl (C=O) groups excluding carboxylic acids is 1. The second-order valence-electron chi connectivity index (χ2n) is 7.94. The number of aryl methyl sites for hydroxylation is 1. The lowest BCUT2D eigenvalue weighted by Gasteiger charge is -2.25. The Morgan fingerprint density at radius 2 is 1.60 bits per heavy atom. The van der Waals surface area contributed by atoms with Gasteiger partial charge in [-0.05, 0) is 67.0 Å². The first-order valence-corrected chi connectivity index (χ1v) is 11.1. The van der Waals surface area contributed by atoms with E-state index in [1.807, 2.05) is 48.5 Å². The van der Waals surface area contributed by atoms with Crippen LogP contribution in [0.15, 0.2) is 48.5 Å². The molecule has 0 bridgehead atoms. The molecule has 2 unspecified atom stereocenters. The van der Waals surface area contributed by atoms with Gasteiger partial charge in [0, 0.05) is 33.8 Å². The van der Waals surface area contributed by atoms with E-state index in [2.05, 4.69) is 22.4 Å². The summed E-state index contributed by atoms with van der Waals surface area (Å²) in [6.45, 7) is 2.68. The van der Waals surface area contributed by atoms with E-state index < -0.39 is 0 Å². The molecule has 4 rings (SSSR count). The minimum atomic E-state index is -0.114. The normalized spacial score (nSPS) is 15.3. The Kier molecular flexibility index (Phi) is 6.45. The van der Waals surface area contributed by atoms with Gasteiger partial charge in [0.2, 0.25) is 0 Å². The molecule has 2 atom stereocenters. The average Bonchev–Trinajstić information content (AvgIpc) is 3.19. The van der Waals surface area contributed by atoms with Crippen LogP contribution >= 0.6 is 23.2 Å². The van der Waals surface area contributed by atoms with Crippen molar-refractivity contribution >= 4 is 29.1 Å². The van der Waals surface area contributed by atoms with Crippen LogP contribution in [0.1, 0.15) is 64.5 Å². The molecule has 1 aliphatic carbocycles. The van der Waals surface area contributed by atoms with Crippen molar-refractivity contribution in [1.29, 1.82) is 0 Å². The van der Waals surface area contributed by atoms with Crippen molar-refractivity contribution in [3.8, 4) is 0 Å². The third-order valence-corrected chi connectivity index (χ3v) is 6.56. The van der Waals surface area contributed by atoms with Gasteiger partial charge in [-0.2, -0.15) is 5.10 Å². The highest BCUT2D eigenvalue weighted by Crippen LogP contribution is 2.33. The van der Waals surface area contributed by atoms with Crippen LogP contribution in [0.2, 0.25) is 10.0 Å². The molecule has 0 aliphatic heterocycles. The Morgan fingerprint density at radius 3 is 2.27 bits per heavy atom. The molecular formula is C24H25Cl2N3O. The molecule has 1 heterocycles. The van der Waals surface area contributed by atoms with Crippen molar-refractivity contribution in [2.75, 3.05) is 6.54 Å². The lowest BCUT2D eigenvalue weighted by atomic mass is 9.82. The molecule has 0 saturated carbocycles. The minimum Gasteiger partial charge on any atom is -0.350 e. The first-order valence-electron chi connectivity index (χ1n) is 10.4. The number of nitrogens with one attached hydrogen (secondary N) is 2. The molecule has 0 saturated heterocycles. The van der Waals surface area contributed by atoms with Gasteiger partial charge >= 0.3 is 0 Å². The van der Waals surface area contributed by atoms with Gasteiger partial charge in [0.05, 0.1) is 0 Å². The minimum absolute atomic E-state index is 0.0853. The Balaban J connectivity index is 1.55. The van der Waals surface area contributed by atoms with Crippen molar-refractivity contribution in [3.63, 3.8) is 0 Å². The van der Waals surface area contributed by atoms with Gasteiger partial charge in [-0.3, -0.25) is 9.89 Å². The SMILES string of the molecule is CC(c1ccc(Cl)cc1)C(CNC(=O)c1n[nH]c2c1CCCC2)c1ccc(Cl)cc1. The highest BCUT2D eigenvalue weighted by atomic mass is 35.5. The number of hydrogen-bond donors (Lipinski definition) is 2. The quantitative estimate of drug-likeness (QED) is 0.499. The highest BCUT2D eigenvalue weighted by molar-refractivity contribution is 6.30. The van der Waals surface area contributed by atoms with Crippen LogP contribution in [0.4, 0.5) is 0 Å². The van der Waals surface area contributed by atoms with E-state index >= 15 is 0 Å². The molecular weight excluding hydrogens is 417 g/mol. The van der Waals surface area contributed by atoms with Crippen LogP contribution in [0.5, 0.6) is 0 Å². The Bertz CT molecular complexity index is 1010. The highest BCUT2D eigenvalue weighted by Gasteiger charge is 2.25. The maximum absolute atomic E-state index is 12.9. The molecule has 1 aliphatic rings. The molecule has 3 aromatic rings. The monoisotopic (exact) mass is 441 g/mol. The largest absolute Gasteiger partial charge is 0.350 e. The fourth-order valence-electron chi connectivity index (χ4n) is 4.25. The molecule has 2 N–H and O–H groups in total. The van der Waals surface area contributed by atoms with Gasteiger partial charge in [-0.15, -0.1) is 0 Å². The summed E-state index contributed by atoms with van der Waals surface area (Å²) in [4.78, 5) is 12.9. The van der Waals surface area contributed by atoms with Crippen LogP contribution in [0.25, 0.3) is 0 Å². The smallest absolute Gasteiger partial charge is 0.272 e. The molecule has 30 heavy (non-hydrogen) atoms. The van der Waals surface area contributed by atoms with Crippen molar-refractivity contribution in [2.24, 2.45) is 0 Å². The lowest BCUT2D eigenvalue weighted by molar-refractivity contribution is 0.0944. The zero-order valence-electron chi connectivity index (χ0n) is 16.9. The number of carbonyl (C=O) groups is 1. The summed E-state index contributed by atoms with van der Waals surface area (Å²) in [7, 11) is 0. The van der Waals surface area contributed by atoms with Gasteiger partial charge in [0.15, 0.2) is 5.69 Å². The van der Waals surface area contributed by atoms with E-state index in [-0.39, 0.29) is 17.7 Å². The first-order chi connectivity index (χ1) is 14.5. The van der Waals surface area contributed by atoms with E-state index in [0.717, 1.165) is 42.5 Å². The zero-order valence-corrected chi connectivity index (χ0v) is 18.4. The van der Waals surface area contributed by atoms with Crippen molar-refractivity contribution in [2.45, 2.75) is 44.4 Å². The van der Waals surface area contributed by atoms with E-state index in [9.17, 15) is 4.79 Å². The number of aromatic amines is 1. The Labute approximate surface area is 187 Å². The predicted molar refractivity (Wildman–Crippen MR) is 122 cm³/mol. The molecule has 6 heteroatoms. The number of rotatable bonds is 6. The number of halogens is 2. The zero-order chi connectivity index (χ0) is 21.1. The first kappa shape index (κ1) is 21.0. The molecule has 1 amide bonds. The summed E-state index contributed by atoms with van der Waals surface area (Å²) in [5, 5.41) is 11.9. The van der Waals surface area contributed by atoms with Crippen LogP contribution in [-0.2, 0) is 12.8 Å². The van der Waals surface area contributed by atoms with Crippen LogP contribution in [-0.4, -0.2) is 22.6 Å². The Morgan fingerprint density at radius 1 is 1.00 bits per heavy atom. The third kappa shape index (κ3) is 4.55. The van der Waals surface area contributed by atoms with Crippen molar-refractivity contribution in [3.05, 3.63) is 86.7 Å². The van der Waals surface area contributed by atoms with Gasteiger partial charge < -0.3 is 5.32 Å². The predicted octanol–water partition coefficient (Wildman–Crippen LogP) is 5.91. The summed E-state index contributed by atoms with van der Waals surface area (Å²) < 4.78 is 0. The summed E-state index contributed by atoms with van der Waals surface area (Å²) in [5.74, 6) is 0.149. The summed E-state index contributed by atoms with van der Waals surface area (Å²) >= 11 is 12.2. The van der Waals surface area contributed by atoms with Crippen molar-refractivity contribution < 1.29 is 4.79 Å². The number of amides is 1. The molecule has 0 radical (unpaired) electrons. The van der Waals surface area contributed by atoms with Crippen LogP contribution in [0, 0.1) is 0 Å². The topological polar surface area (TPSA) is 57.8 Å². The van der Waals surface area contributed by atoms with Crippen LogP contribution in [0.3, 0.4) is 0 Å². The van der Waals surface area contributed by atoms with Gasteiger partial charge in [0.25, 0.3) is 5.91 Å². The summed E-state index contributed by atoms with van der Waals surface area (Å²) in [6, 6.07) is 15.7. The van der Waals surface area contributed by atoms with E-state index in [0.29, 0.717) is 22.3 Å². The second-order valence-corrected chi connectivity index (χ2v) is 8.82. The maximum atomic E-state index is 12.9. The third-order valence-electron chi connectivity index (χ3n) is 6.05.